The number of nitrogens with two attached hydrogens (primary N) is 1. The van der Waals surface area contributed by atoms with Crippen LogP contribution in [0.25, 0.3) is 0 Å². The quantitative estimate of drug-likeness (QED) is 0.565. The Bertz CT molecular complexity index is 571. The van der Waals surface area contributed by atoms with Gasteiger partial charge in [-0.2, -0.15) is 0 Å². The molecule has 1 aromatic rings. The molecule has 120 valence electrons. The highest BCUT2D eigenvalue weighted by Gasteiger charge is 2.21. The highest BCUT2D eigenvalue weighted by Crippen LogP contribution is 2.33. The van der Waals surface area contributed by atoms with Crippen molar-refractivity contribution in [2.45, 2.75) is 31.6 Å². The summed E-state index contributed by atoms with van der Waals surface area (Å²) in [7, 11) is -0.792. The lowest BCUT2D eigenvalue weighted by molar-refractivity contribution is 0.387. The number of benzene rings is 1. The first-order valence-electron chi connectivity index (χ1n) is 6.83. The molecule has 3 N–H and O–H groups in total. The molecule has 0 bridgehead atoms. The minimum Gasteiger partial charge on any atom is -0.495 e. The monoisotopic (exact) mass is 316 g/mol. The van der Waals surface area contributed by atoms with Crippen LogP contribution in [0.15, 0.2) is 17.0 Å². The first-order valence-corrected chi connectivity index (χ1v) is 8.31. The van der Waals surface area contributed by atoms with E-state index in [0.29, 0.717) is 18.2 Å². The summed E-state index contributed by atoms with van der Waals surface area (Å²) >= 11 is 0. The molecule has 0 heterocycles. The zero-order chi connectivity index (χ0) is 16.0. The van der Waals surface area contributed by atoms with Crippen molar-refractivity contribution < 1.29 is 17.9 Å². The maximum Gasteiger partial charge on any atom is 0.244 e. The second kappa shape index (κ2) is 7.51. The Kier molecular flexibility index (Phi) is 6.29. The lowest BCUT2D eigenvalue weighted by Crippen LogP contribution is -2.25. The molecule has 1 rings (SSSR count). The smallest absolute Gasteiger partial charge is 0.244 e. The molecule has 7 heteroatoms. The van der Waals surface area contributed by atoms with Crippen LogP contribution in [0.2, 0.25) is 0 Å². The van der Waals surface area contributed by atoms with Crippen molar-refractivity contribution in [3.05, 3.63) is 12.1 Å². The third-order valence-corrected chi connectivity index (χ3v) is 4.54. The Morgan fingerprint density at radius 2 is 1.81 bits per heavy atom. The van der Waals surface area contributed by atoms with Gasteiger partial charge in [0, 0.05) is 12.6 Å². The summed E-state index contributed by atoms with van der Waals surface area (Å²) in [6.45, 7) is 4.58. The van der Waals surface area contributed by atoms with Gasteiger partial charge in [-0.3, -0.25) is 0 Å². The summed E-state index contributed by atoms with van der Waals surface area (Å²) in [5, 5.41) is 0. The Morgan fingerprint density at radius 1 is 1.19 bits per heavy atom. The van der Waals surface area contributed by atoms with E-state index in [4.69, 9.17) is 15.2 Å². The second-order valence-electron chi connectivity index (χ2n) is 5.18. The highest BCUT2D eigenvalue weighted by molar-refractivity contribution is 7.89. The fourth-order valence-corrected chi connectivity index (χ4v) is 3.16. The van der Waals surface area contributed by atoms with Crippen molar-refractivity contribution in [3.8, 4) is 11.5 Å². The van der Waals surface area contributed by atoms with Crippen molar-refractivity contribution in [3.63, 3.8) is 0 Å². The summed E-state index contributed by atoms with van der Waals surface area (Å²) in [5.74, 6) is 1.13. The third kappa shape index (κ3) is 4.78. The SMILES string of the molecule is COc1cc(OC)c(S(=O)(=O)NCCCC(C)C)cc1N. The normalized spacial score (nSPS) is 11.7. The summed E-state index contributed by atoms with van der Waals surface area (Å²) in [6, 6.07) is 2.82. The van der Waals surface area contributed by atoms with E-state index >= 15 is 0 Å². The van der Waals surface area contributed by atoms with Gasteiger partial charge < -0.3 is 15.2 Å². The van der Waals surface area contributed by atoms with E-state index in [0.717, 1.165) is 12.8 Å². The number of hydrogen-bond acceptors (Lipinski definition) is 5. The number of methoxy groups -OCH3 is 2. The Morgan fingerprint density at radius 3 is 2.33 bits per heavy atom. The molecule has 0 aliphatic rings. The first kappa shape index (κ1) is 17.6. The number of anilines is 1. The summed E-state index contributed by atoms with van der Waals surface area (Å²) in [6.07, 6.45) is 1.75. The van der Waals surface area contributed by atoms with E-state index in [1.807, 2.05) is 0 Å². The van der Waals surface area contributed by atoms with Crippen LogP contribution in [0.1, 0.15) is 26.7 Å². The molecule has 0 aromatic heterocycles. The second-order valence-corrected chi connectivity index (χ2v) is 6.91. The van der Waals surface area contributed by atoms with Gasteiger partial charge in [0.1, 0.15) is 16.4 Å². The molecule has 0 spiro atoms. The molecule has 0 radical (unpaired) electrons. The Balaban J connectivity index is 2.94. The highest BCUT2D eigenvalue weighted by atomic mass is 32.2. The average Bonchev–Trinajstić information content (AvgIpc) is 2.43. The lowest BCUT2D eigenvalue weighted by Gasteiger charge is -2.14. The van der Waals surface area contributed by atoms with Crippen molar-refractivity contribution in [2.24, 2.45) is 5.92 Å². The topological polar surface area (TPSA) is 90.6 Å². The largest absolute Gasteiger partial charge is 0.495 e. The molecule has 0 saturated carbocycles. The van der Waals surface area contributed by atoms with Crippen molar-refractivity contribution >= 4 is 15.7 Å². The van der Waals surface area contributed by atoms with Crippen molar-refractivity contribution in [1.29, 1.82) is 0 Å². The van der Waals surface area contributed by atoms with Gasteiger partial charge in [0.05, 0.1) is 19.9 Å². The van der Waals surface area contributed by atoms with Crippen LogP contribution in [-0.2, 0) is 10.0 Å². The number of sulfonamides is 1. The fraction of sp³-hybridized carbons (Fsp3) is 0.571. The standard InChI is InChI=1S/C14H24N2O4S/c1-10(2)6-5-7-16-21(17,18)14-8-11(15)12(19-3)9-13(14)20-4/h8-10,16H,5-7,15H2,1-4H3. The number of nitrogens with one attached hydrogen (secondary N) is 1. The van der Waals surface area contributed by atoms with E-state index in [2.05, 4.69) is 18.6 Å². The van der Waals surface area contributed by atoms with Gasteiger partial charge in [-0.05, 0) is 24.8 Å². The lowest BCUT2D eigenvalue weighted by atomic mass is 10.1. The van der Waals surface area contributed by atoms with Gasteiger partial charge in [0.15, 0.2) is 0 Å². The van der Waals surface area contributed by atoms with E-state index in [9.17, 15) is 8.42 Å². The molecule has 0 aliphatic carbocycles. The van der Waals surface area contributed by atoms with E-state index in [-0.39, 0.29) is 16.3 Å². The van der Waals surface area contributed by atoms with Crippen LogP contribution in [0, 0.1) is 5.92 Å². The fourth-order valence-electron chi connectivity index (χ4n) is 1.90. The maximum atomic E-state index is 12.3. The molecule has 0 fully saturated rings. The van der Waals surface area contributed by atoms with Crippen LogP contribution in [0.4, 0.5) is 5.69 Å². The Labute approximate surface area is 126 Å². The summed E-state index contributed by atoms with van der Waals surface area (Å²) < 4.78 is 37.4. The van der Waals surface area contributed by atoms with E-state index in [1.165, 1.54) is 26.4 Å². The van der Waals surface area contributed by atoms with Gasteiger partial charge in [0.25, 0.3) is 0 Å². The molecule has 0 saturated heterocycles. The van der Waals surface area contributed by atoms with E-state index < -0.39 is 10.0 Å². The van der Waals surface area contributed by atoms with Gasteiger partial charge in [0.2, 0.25) is 10.0 Å². The molecule has 0 aliphatic heterocycles. The minimum atomic E-state index is -3.66. The maximum absolute atomic E-state index is 12.3. The molecular weight excluding hydrogens is 292 g/mol. The first-order chi connectivity index (χ1) is 9.81. The van der Waals surface area contributed by atoms with E-state index in [1.54, 1.807) is 0 Å². The molecule has 0 amide bonds. The molecule has 21 heavy (non-hydrogen) atoms. The van der Waals surface area contributed by atoms with Crippen LogP contribution >= 0.6 is 0 Å². The average molecular weight is 316 g/mol. The van der Waals surface area contributed by atoms with Gasteiger partial charge in [-0.15, -0.1) is 0 Å². The van der Waals surface area contributed by atoms with Gasteiger partial charge in [-0.25, -0.2) is 13.1 Å². The predicted octanol–water partition coefficient (Wildman–Crippen LogP) is 2.00. The number of ether oxygens (including phenoxy) is 2. The molecular formula is C14H24N2O4S. The molecule has 0 atom stereocenters. The van der Waals surface area contributed by atoms with Crippen molar-refractivity contribution in [1.82, 2.24) is 4.72 Å². The summed E-state index contributed by atoms with van der Waals surface area (Å²) in [4.78, 5) is 0.0212. The zero-order valence-corrected chi connectivity index (χ0v) is 13.8. The molecule has 1 aromatic carbocycles. The van der Waals surface area contributed by atoms with Crippen molar-refractivity contribution in [2.75, 3.05) is 26.5 Å². The zero-order valence-electron chi connectivity index (χ0n) is 13.0. The number of rotatable bonds is 8. The predicted molar refractivity (Wildman–Crippen MR) is 83.2 cm³/mol. The van der Waals surface area contributed by atoms with Crippen LogP contribution in [0.5, 0.6) is 11.5 Å². The van der Waals surface area contributed by atoms with Crippen LogP contribution in [0.3, 0.4) is 0 Å². The Hall–Kier alpha value is -1.47. The molecule has 0 unspecified atom stereocenters. The van der Waals surface area contributed by atoms with Gasteiger partial charge in [-0.1, -0.05) is 13.8 Å². The summed E-state index contributed by atoms with van der Waals surface area (Å²) in [5.41, 5.74) is 6.02. The number of nitrogen functional groups attached to an aromatic ring is 1. The third-order valence-electron chi connectivity index (χ3n) is 3.06. The minimum absolute atomic E-state index is 0.0212. The van der Waals surface area contributed by atoms with Crippen LogP contribution in [-0.4, -0.2) is 29.2 Å². The molecule has 6 nitrogen and oxygen atoms in total. The number of hydrogen-bond donors (Lipinski definition) is 2. The van der Waals surface area contributed by atoms with Crippen LogP contribution < -0.4 is 19.9 Å². The van der Waals surface area contributed by atoms with Gasteiger partial charge >= 0.3 is 0 Å².